The van der Waals surface area contributed by atoms with E-state index in [1.807, 2.05) is 26.0 Å². The molecule has 0 radical (unpaired) electrons. The van der Waals surface area contributed by atoms with Gasteiger partial charge < -0.3 is 11.1 Å². The Labute approximate surface area is 115 Å². The van der Waals surface area contributed by atoms with Gasteiger partial charge in [0.1, 0.15) is 0 Å². The molecule has 1 atom stereocenters. The molecule has 5 heteroatoms. The van der Waals surface area contributed by atoms with Crippen LogP contribution in [0, 0.1) is 0 Å². The van der Waals surface area contributed by atoms with E-state index in [4.69, 9.17) is 18.0 Å². The first-order valence-electron chi connectivity index (χ1n) is 5.27. The molecule has 1 aromatic carbocycles. The molecule has 1 rings (SSSR count). The predicted octanol–water partition coefficient (Wildman–Crippen LogP) is 2.63. The Kier molecular flexibility index (Phi) is 4.65. The van der Waals surface area contributed by atoms with Crippen molar-refractivity contribution in [2.45, 2.75) is 25.8 Å². The van der Waals surface area contributed by atoms with Gasteiger partial charge in [-0.3, -0.25) is 4.79 Å². The second kappa shape index (κ2) is 5.60. The number of halogens is 1. The van der Waals surface area contributed by atoms with Gasteiger partial charge in [-0.2, -0.15) is 0 Å². The Bertz CT molecular complexity index is 433. The van der Waals surface area contributed by atoms with Gasteiger partial charge in [0.25, 0.3) is 5.91 Å². The maximum atomic E-state index is 12.0. The average molecular weight is 315 g/mol. The van der Waals surface area contributed by atoms with Crippen LogP contribution in [0.4, 0.5) is 0 Å². The van der Waals surface area contributed by atoms with Crippen LogP contribution in [-0.2, 0) is 0 Å². The minimum absolute atomic E-state index is 0.172. The lowest BCUT2D eigenvalue weighted by molar-refractivity contribution is 0.0926. The molecule has 1 aromatic rings. The number of thiocarbonyl (C=S) groups is 1. The van der Waals surface area contributed by atoms with Crippen LogP contribution < -0.4 is 11.1 Å². The van der Waals surface area contributed by atoms with Gasteiger partial charge in [0.05, 0.1) is 10.5 Å². The Balaban J connectivity index is 2.85. The molecule has 0 saturated heterocycles. The molecule has 0 aliphatic rings. The fourth-order valence-electron chi connectivity index (χ4n) is 1.25. The van der Waals surface area contributed by atoms with Gasteiger partial charge in [0.15, 0.2) is 0 Å². The summed E-state index contributed by atoms with van der Waals surface area (Å²) >= 11 is 8.29. The molecule has 3 nitrogen and oxygen atoms in total. The van der Waals surface area contributed by atoms with Crippen LogP contribution in [0.1, 0.15) is 30.6 Å². The topological polar surface area (TPSA) is 55.1 Å². The molecule has 3 N–H and O–H groups in total. The second-order valence-corrected chi connectivity index (χ2v) is 5.37. The molecule has 0 aliphatic carbocycles. The molecule has 0 fully saturated rings. The van der Waals surface area contributed by atoms with Crippen molar-refractivity contribution in [3.05, 3.63) is 34.3 Å². The highest BCUT2D eigenvalue weighted by atomic mass is 79.9. The first-order valence-corrected chi connectivity index (χ1v) is 6.47. The Morgan fingerprint density at radius 3 is 2.41 bits per heavy atom. The summed E-state index contributed by atoms with van der Waals surface area (Å²) in [6.07, 6.45) is 0.657. The van der Waals surface area contributed by atoms with Crippen molar-refractivity contribution in [1.82, 2.24) is 5.32 Å². The van der Waals surface area contributed by atoms with E-state index in [1.165, 1.54) is 0 Å². The van der Waals surface area contributed by atoms with Crippen molar-refractivity contribution in [3.63, 3.8) is 0 Å². The van der Waals surface area contributed by atoms with E-state index in [-0.39, 0.29) is 5.91 Å². The van der Waals surface area contributed by atoms with Crippen molar-refractivity contribution >= 4 is 39.0 Å². The van der Waals surface area contributed by atoms with Crippen LogP contribution in [-0.4, -0.2) is 16.4 Å². The summed E-state index contributed by atoms with van der Waals surface area (Å²) in [5.41, 5.74) is 5.59. The first-order chi connectivity index (χ1) is 7.89. The summed E-state index contributed by atoms with van der Waals surface area (Å²) in [5.74, 6) is -0.172. The van der Waals surface area contributed by atoms with E-state index < -0.39 is 5.54 Å². The zero-order chi connectivity index (χ0) is 13.1. The van der Waals surface area contributed by atoms with Crippen molar-refractivity contribution in [2.75, 3.05) is 0 Å². The number of amides is 1. The fraction of sp³-hybridized carbons (Fsp3) is 0.333. The van der Waals surface area contributed by atoms with Crippen LogP contribution in [0.15, 0.2) is 28.7 Å². The van der Waals surface area contributed by atoms with Crippen LogP contribution >= 0.6 is 28.1 Å². The van der Waals surface area contributed by atoms with E-state index in [2.05, 4.69) is 21.2 Å². The van der Waals surface area contributed by atoms with Crippen molar-refractivity contribution < 1.29 is 4.79 Å². The van der Waals surface area contributed by atoms with Crippen LogP contribution in [0.25, 0.3) is 0 Å². The maximum Gasteiger partial charge on any atom is 0.252 e. The molecule has 0 spiro atoms. The van der Waals surface area contributed by atoms with E-state index in [0.29, 0.717) is 17.0 Å². The number of nitrogens with two attached hydrogens (primary N) is 1. The number of hydrogen-bond acceptors (Lipinski definition) is 2. The monoisotopic (exact) mass is 314 g/mol. The zero-order valence-corrected chi connectivity index (χ0v) is 12.2. The number of rotatable bonds is 4. The number of benzene rings is 1. The largest absolute Gasteiger partial charge is 0.391 e. The number of carbonyl (C=O) groups is 1. The van der Waals surface area contributed by atoms with Gasteiger partial charge >= 0.3 is 0 Å². The highest BCUT2D eigenvalue weighted by molar-refractivity contribution is 9.10. The molecule has 0 heterocycles. The lowest BCUT2D eigenvalue weighted by atomic mass is 9.98. The molecule has 1 amide bonds. The summed E-state index contributed by atoms with van der Waals surface area (Å²) in [4.78, 5) is 12.3. The van der Waals surface area contributed by atoms with Gasteiger partial charge in [-0.1, -0.05) is 35.1 Å². The Morgan fingerprint density at radius 2 is 2.00 bits per heavy atom. The van der Waals surface area contributed by atoms with Crippen LogP contribution in [0.2, 0.25) is 0 Å². The molecule has 0 bridgehead atoms. The summed E-state index contributed by atoms with van der Waals surface area (Å²) < 4.78 is 0.932. The van der Waals surface area contributed by atoms with Crippen molar-refractivity contribution in [2.24, 2.45) is 5.73 Å². The molecule has 0 saturated carbocycles. The fourth-order valence-corrected chi connectivity index (χ4v) is 1.71. The zero-order valence-electron chi connectivity index (χ0n) is 9.79. The SMILES string of the molecule is CCC(C)(NC(=O)c1ccc(Br)cc1)C(N)=S. The third kappa shape index (κ3) is 3.51. The van der Waals surface area contributed by atoms with Crippen LogP contribution in [0.3, 0.4) is 0 Å². The van der Waals surface area contributed by atoms with Gasteiger partial charge in [0, 0.05) is 10.0 Å². The van der Waals surface area contributed by atoms with Gasteiger partial charge in [-0.25, -0.2) is 0 Å². The van der Waals surface area contributed by atoms with Crippen molar-refractivity contribution in [3.8, 4) is 0 Å². The molecular formula is C12H15BrN2OS. The normalized spacial score (nSPS) is 13.8. The third-order valence-electron chi connectivity index (χ3n) is 2.75. The predicted molar refractivity (Wildman–Crippen MR) is 77.1 cm³/mol. The summed E-state index contributed by atoms with van der Waals surface area (Å²) in [6, 6.07) is 7.13. The van der Waals surface area contributed by atoms with Gasteiger partial charge in [-0.05, 0) is 37.6 Å². The Morgan fingerprint density at radius 1 is 1.47 bits per heavy atom. The van der Waals surface area contributed by atoms with Crippen LogP contribution in [0.5, 0.6) is 0 Å². The first kappa shape index (κ1) is 14.1. The lowest BCUT2D eigenvalue weighted by Gasteiger charge is -2.28. The summed E-state index contributed by atoms with van der Waals surface area (Å²) in [7, 11) is 0. The summed E-state index contributed by atoms with van der Waals surface area (Å²) in [6.45, 7) is 3.76. The highest BCUT2D eigenvalue weighted by Crippen LogP contribution is 2.14. The quantitative estimate of drug-likeness (QED) is 0.840. The standard InChI is InChI=1S/C12H15BrN2OS/c1-3-12(2,11(14)17)15-10(16)8-4-6-9(13)7-5-8/h4-7H,3H2,1-2H3,(H2,14,17)(H,15,16). The molecular weight excluding hydrogens is 300 g/mol. The number of hydrogen-bond donors (Lipinski definition) is 2. The smallest absolute Gasteiger partial charge is 0.252 e. The third-order valence-corrected chi connectivity index (χ3v) is 3.73. The maximum absolute atomic E-state index is 12.0. The molecule has 0 aliphatic heterocycles. The lowest BCUT2D eigenvalue weighted by Crippen LogP contribution is -2.54. The molecule has 0 aromatic heterocycles. The van der Waals surface area contributed by atoms with E-state index >= 15 is 0 Å². The van der Waals surface area contributed by atoms with Gasteiger partial charge in [-0.15, -0.1) is 0 Å². The number of carbonyl (C=O) groups excluding carboxylic acids is 1. The summed E-state index contributed by atoms with van der Waals surface area (Å²) in [5, 5.41) is 2.86. The average Bonchev–Trinajstić information content (AvgIpc) is 2.29. The van der Waals surface area contributed by atoms with Gasteiger partial charge in [0.2, 0.25) is 0 Å². The minimum atomic E-state index is -0.639. The minimum Gasteiger partial charge on any atom is -0.391 e. The van der Waals surface area contributed by atoms with E-state index in [1.54, 1.807) is 12.1 Å². The Hall–Kier alpha value is -0.940. The highest BCUT2D eigenvalue weighted by Gasteiger charge is 2.27. The van der Waals surface area contributed by atoms with Crippen molar-refractivity contribution in [1.29, 1.82) is 0 Å². The second-order valence-electron chi connectivity index (χ2n) is 4.01. The molecule has 1 unspecified atom stereocenters. The molecule has 17 heavy (non-hydrogen) atoms. The van der Waals surface area contributed by atoms with E-state index in [9.17, 15) is 4.79 Å². The molecule has 92 valence electrons. The van der Waals surface area contributed by atoms with E-state index in [0.717, 1.165) is 4.47 Å². The number of nitrogens with one attached hydrogen (secondary N) is 1.